The van der Waals surface area contributed by atoms with Crippen LogP contribution in [0.25, 0.3) is 0 Å². The second-order valence-electron chi connectivity index (χ2n) is 3.20. The minimum Gasteiger partial charge on any atom is -0.466 e. The second-order valence-corrected chi connectivity index (χ2v) is 3.20. The summed E-state index contributed by atoms with van der Waals surface area (Å²) in [6, 6.07) is 0. The maximum atomic E-state index is 11.4. The number of rotatable bonds is 6. The quantitative estimate of drug-likeness (QED) is 0.505. The Morgan fingerprint density at radius 3 is 2.06 bits per heavy atom. The molecular formula is C10H16O6. The van der Waals surface area contributed by atoms with Gasteiger partial charge in [-0.2, -0.15) is 0 Å². The van der Waals surface area contributed by atoms with Gasteiger partial charge in [0.1, 0.15) is 6.42 Å². The molecule has 0 fully saturated rings. The van der Waals surface area contributed by atoms with Crippen molar-refractivity contribution in [3.63, 3.8) is 0 Å². The van der Waals surface area contributed by atoms with Crippen LogP contribution in [0.5, 0.6) is 0 Å². The lowest BCUT2D eigenvalue weighted by molar-refractivity contribution is -0.169. The molecule has 0 rings (SSSR count). The Bertz CT molecular complexity index is 281. The minimum atomic E-state index is -2.30. The molecule has 92 valence electrons. The van der Waals surface area contributed by atoms with E-state index in [1.165, 1.54) is 0 Å². The molecular weight excluding hydrogens is 216 g/mol. The molecule has 0 spiro atoms. The standard InChI is InChI=1S/C10H16O6/c1-4-15-8(12)6-7(11)10(3,14)9(13)16-5-2/h14H,4-6H2,1-3H3. The molecule has 0 aliphatic heterocycles. The number of carbonyl (C=O) groups is 3. The van der Waals surface area contributed by atoms with Crippen molar-refractivity contribution in [3.8, 4) is 0 Å². The van der Waals surface area contributed by atoms with Crippen LogP contribution < -0.4 is 0 Å². The zero-order valence-electron chi connectivity index (χ0n) is 9.61. The maximum absolute atomic E-state index is 11.4. The van der Waals surface area contributed by atoms with Gasteiger partial charge in [-0.1, -0.05) is 0 Å². The fourth-order valence-corrected chi connectivity index (χ4v) is 0.901. The van der Waals surface area contributed by atoms with Crippen LogP contribution in [-0.2, 0) is 23.9 Å². The third-order valence-electron chi connectivity index (χ3n) is 1.83. The van der Waals surface area contributed by atoms with Gasteiger partial charge in [-0.25, -0.2) is 4.79 Å². The fraction of sp³-hybridized carbons (Fsp3) is 0.700. The van der Waals surface area contributed by atoms with E-state index in [1.54, 1.807) is 13.8 Å². The first kappa shape index (κ1) is 14.6. The molecule has 0 saturated carbocycles. The molecule has 0 aromatic carbocycles. The predicted octanol–water partition coefficient (Wildman–Crippen LogP) is -0.177. The molecule has 1 atom stereocenters. The van der Waals surface area contributed by atoms with Gasteiger partial charge in [0.15, 0.2) is 5.78 Å². The van der Waals surface area contributed by atoms with Gasteiger partial charge >= 0.3 is 11.9 Å². The Morgan fingerprint density at radius 1 is 1.12 bits per heavy atom. The molecule has 1 unspecified atom stereocenters. The topological polar surface area (TPSA) is 89.9 Å². The van der Waals surface area contributed by atoms with E-state index in [0.29, 0.717) is 0 Å². The van der Waals surface area contributed by atoms with Crippen LogP contribution in [0.4, 0.5) is 0 Å². The van der Waals surface area contributed by atoms with Crippen molar-refractivity contribution < 1.29 is 29.0 Å². The Labute approximate surface area is 93.5 Å². The van der Waals surface area contributed by atoms with Crippen LogP contribution in [0.3, 0.4) is 0 Å². The summed E-state index contributed by atoms with van der Waals surface area (Å²) < 4.78 is 9.03. The lowest BCUT2D eigenvalue weighted by atomic mass is 9.99. The van der Waals surface area contributed by atoms with Crippen molar-refractivity contribution in [2.75, 3.05) is 13.2 Å². The van der Waals surface area contributed by atoms with Gasteiger partial charge in [-0.05, 0) is 20.8 Å². The van der Waals surface area contributed by atoms with E-state index in [9.17, 15) is 19.5 Å². The maximum Gasteiger partial charge on any atom is 0.345 e. The van der Waals surface area contributed by atoms with E-state index >= 15 is 0 Å². The van der Waals surface area contributed by atoms with E-state index in [4.69, 9.17) is 0 Å². The molecule has 0 saturated heterocycles. The monoisotopic (exact) mass is 232 g/mol. The molecule has 0 aromatic heterocycles. The highest BCUT2D eigenvalue weighted by Gasteiger charge is 2.41. The van der Waals surface area contributed by atoms with Crippen LogP contribution in [-0.4, -0.2) is 41.6 Å². The number of ether oxygens (including phenoxy) is 2. The molecule has 0 radical (unpaired) electrons. The van der Waals surface area contributed by atoms with E-state index in [1.807, 2.05) is 0 Å². The third kappa shape index (κ3) is 3.98. The number of hydrogen-bond acceptors (Lipinski definition) is 6. The summed E-state index contributed by atoms with van der Waals surface area (Å²) in [4.78, 5) is 33.6. The molecule has 0 bridgehead atoms. The van der Waals surface area contributed by atoms with Crippen LogP contribution in [0.15, 0.2) is 0 Å². The molecule has 6 nitrogen and oxygen atoms in total. The number of esters is 2. The van der Waals surface area contributed by atoms with Crippen molar-refractivity contribution in [1.82, 2.24) is 0 Å². The molecule has 6 heteroatoms. The SMILES string of the molecule is CCOC(=O)CC(=O)C(C)(O)C(=O)OCC. The second kappa shape index (κ2) is 6.22. The van der Waals surface area contributed by atoms with Gasteiger partial charge in [0.05, 0.1) is 13.2 Å². The average molecular weight is 232 g/mol. The highest BCUT2D eigenvalue weighted by molar-refractivity contribution is 6.11. The van der Waals surface area contributed by atoms with Crippen molar-refractivity contribution in [3.05, 3.63) is 0 Å². The smallest absolute Gasteiger partial charge is 0.345 e. The number of Topliss-reactive ketones (excluding diaryl/α,β-unsaturated/α-hetero) is 1. The molecule has 0 amide bonds. The normalized spacial score (nSPS) is 13.8. The number of hydrogen-bond donors (Lipinski definition) is 1. The first-order valence-corrected chi connectivity index (χ1v) is 4.94. The minimum absolute atomic E-state index is 0.0433. The van der Waals surface area contributed by atoms with E-state index < -0.39 is 29.7 Å². The van der Waals surface area contributed by atoms with Gasteiger partial charge < -0.3 is 14.6 Å². The summed E-state index contributed by atoms with van der Waals surface area (Å²) in [6.07, 6.45) is -0.653. The number of ketones is 1. The summed E-state index contributed by atoms with van der Waals surface area (Å²) in [5.41, 5.74) is -2.30. The first-order chi connectivity index (χ1) is 7.36. The molecule has 0 heterocycles. The molecule has 0 aliphatic carbocycles. The lowest BCUT2D eigenvalue weighted by Crippen LogP contribution is -2.45. The Balaban J connectivity index is 4.46. The highest BCUT2D eigenvalue weighted by atomic mass is 16.6. The van der Waals surface area contributed by atoms with Gasteiger partial charge in [0.2, 0.25) is 5.60 Å². The summed E-state index contributed by atoms with van der Waals surface area (Å²) >= 11 is 0. The highest BCUT2D eigenvalue weighted by Crippen LogP contribution is 2.11. The van der Waals surface area contributed by atoms with Crippen molar-refractivity contribution in [2.24, 2.45) is 0 Å². The number of carbonyl (C=O) groups excluding carboxylic acids is 3. The summed E-state index contributed by atoms with van der Waals surface area (Å²) in [7, 11) is 0. The van der Waals surface area contributed by atoms with Crippen molar-refractivity contribution in [1.29, 1.82) is 0 Å². The number of aliphatic hydroxyl groups is 1. The predicted molar refractivity (Wildman–Crippen MR) is 53.5 cm³/mol. The molecule has 1 N–H and O–H groups in total. The van der Waals surface area contributed by atoms with Crippen LogP contribution in [0, 0.1) is 0 Å². The summed E-state index contributed by atoms with van der Waals surface area (Å²) in [5.74, 6) is -2.79. The van der Waals surface area contributed by atoms with Crippen molar-refractivity contribution in [2.45, 2.75) is 32.8 Å². The van der Waals surface area contributed by atoms with Gasteiger partial charge in [0.25, 0.3) is 0 Å². The fourth-order valence-electron chi connectivity index (χ4n) is 0.901. The summed E-state index contributed by atoms with van der Waals surface area (Å²) in [5, 5.41) is 9.57. The van der Waals surface area contributed by atoms with Crippen molar-refractivity contribution >= 4 is 17.7 Å². The Kier molecular flexibility index (Phi) is 5.66. The Hall–Kier alpha value is -1.43. The van der Waals surface area contributed by atoms with E-state index in [2.05, 4.69) is 9.47 Å². The van der Waals surface area contributed by atoms with Crippen LogP contribution in [0.1, 0.15) is 27.2 Å². The van der Waals surface area contributed by atoms with Crippen LogP contribution in [0.2, 0.25) is 0 Å². The van der Waals surface area contributed by atoms with E-state index in [-0.39, 0.29) is 13.2 Å². The molecule has 0 aromatic rings. The molecule has 16 heavy (non-hydrogen) atoms. The Morgan fingerprint density at radius 2 is 1.62 bits per heavy atom. The molecule has 0 aliphatic rings. The first-order valence-electron chi connectivity index (χ1n) is 4.94. The van der Waals surface area contributed by atoms with Crippen LogP contribution >= 0.6 is 0 Å². The largest absolute Gasteiger partial charge is 0.466 e. The van der Waals surface area contributed by atoms with Gasteiger partial charge in [-0.3, -0.25) is 9.59 Å². The summed E-state index contributed by atoms with van der Waals surface area (Å²) in [6.45, 7) is 4.30. The zero-order chi connectivity index (χ0) is 12.8. The van der Waals surface area contributed by atoms with Gasteiger partial charge in [0, 0.05) is 0 Å². The lowest BCUT2D eigenvalue weighted by Gasteiger charge is -2.18. The zero-order valence-corrected chi connectivity index (χ0v) is 9.61. The third-order valence-corrected chi connectivity index (χ3v) is 1.83. The van der Waals surface area contributed by atoms with Gasteiger partial charge in [-0.15, -0.1) is 0 Å². The van der Waals surface area contributed by atoms with E-state index in [0.717, 1.165) is 6.92 Å². The average Bonchev–Trinajstić information content (AvgIpc) is 2.18.